The zero-order valence-corrected chi connectivity index (χ0v) is 22.6. The van der Waals surface area contributed by atoms with Gasteiger partial charge in [0.15, 0.2) is 5.96 Å². The molecule has 2 saturated heterocycles. The molecule has 2 aliphatic rings. The molecule has 2 heterocycles. The number of nitrogens with zero attached hydrogens (tertiary/aromatic N) is 3. The Labute approximate surface area is 215 Å². The molecule has 33 heavy (non-hydrogen) atoms. The Balaban J connectivity index is 0.00000385. The van der Waals surface area contributed by atoms with E-state index in [1.54, 1.807) is 13.1 Å². The summed E-state index contributed by atoms with van der Waals surface area (Å²) in [6, 6.07) is 5.91. The Morgan fingerprint density at radius 3 is 2.24 bits per heavy atom. The first-order valence-corrected chi connectivity index (χ1v) is 12.0. The number of halogens is 2. The second kappa shape index (κ2) is 15.0. The fourth-order valence-electron chi connectivity index (χ4n) is 4.66. The maximum absolute atomic E-state index is 14.7. The number of rotatable bonds is 9. The fourth-order valence-corrected chi connectivity index (χ4v) is 4.66. The van der Waals surface area contributed by atoms with E-state index in [4.69, 9.17) is 9.47 Å². The van der Waals surface area contributed by atoms with Gasteiger partial charge in [-0.1, -0.05) is 32.8 Å². The molecule has 7 nitrogen and oxygen atoms in total. The van der Waals surface area contributed by atoms with Crippen LogP contribution in [0.15, 0.2) is 23.2 Å². The Bertz CT molecular complexity index is 723. The summed E-state index contributed by atoms with van der Waals surface area (Å²) in [5, 5.41) is 6.85. The molecule has 0 aliphatic carbocycles. The topological polar surface area (TPSA) is 61.4 Å². The van der Waals surface area contributed by atoms with Gasteiger partial charge in [0, 0.05) is 52.4 Å². The van der Waals surface area contributed by atoms with Crippen LogP contribution in [0.1, 0.15) is 32.3 Å². The van der Waals surface area contributed by atoms with Gasteiger partial charge in [-0.05, 0) is 23.6 Å². The zero-order chi connectivity index (χ0) is 22.8. The summed E-state index contributed by atoms with van der Waals surface area (Å²) in [7, 11) is 1.78. The minimum absolute atomic E-state index is 0. The Morgan fingerprint density at radius 1 is 1.03 bits per heavy atom. The molecule has 2 fully saturated rings. The van der Waals surface area contributed by atoms with Crippen molar-refractivity contribution in [3.05, 3.63) is 29.6 Å². The monoisotopic (exact) mass is 577 g/mol. The fraction of sp³-hybridized carbons (Fsp3) is 0.708. The van der Waals surface area contributed by atoms with Crippen LogP contribution >= 0.6 is 24.0 Å². The van der Waals surface area contributed by atoms with Gasteiger partial charge in [-0.15, -0.1) is 24.0 Å². The molecule has 2 N–H and O–H groups in total. The number of hydrogen-bond donors (Lipinski definition) is 2. The highest BCUT2D eigenvalue weighted by atomic mass is 127. The molecule has 188 valence electrons. The van der Waals surface area contributed by atoms with Crippen molar-refractivity contribution < 1.29 is 13.9 Å². The average molecular weight is 578 g/mol. The number of ether oxygens (including phenoxy) is 2. The van der Waals surface area contributed by atoms with E-state index in [0.29, 0.717) is 37.4 Å². The van der Waals surface area contributed by atoms with Crippen LogP contribution in [0.25, 0.3) is 0 Å². The van der Waals surface area contributed by atoms with Gasteiger partial charge < -0.3 is 25.0 Å². The molecule has 0 radical (unpaired) electrons. The van der Waals surface area contributed by atoms with Crippen molar-refractivity contribution in [1.82, 2.24) is 15.5 Å². The second-order valence-corrected chi connectivity index (χ2v) is 8.48. The molecule has 0 amide bonds. The molecule has 0 aromatic heterocycles. The summed E-state index contributed by atoms with van der Waals surface area (Å²) in [5.74, 6) is 1.18. The van der Waals surface area contributed by atoms with E-state index < -0.39 is 0 Å². The first kappa shape index (κ1) is 28.1. The summed E-state index contributed by atoms with van der Waals surface area (Å²) < 4.78 is 25.6. The highest BCUT2D eigenvalue weighted by Gasteiger charge is 2.27. The van der Waals surface area contributed by atoms with Gasteiger partial charge in [0.25, 0.3) is 0 Å². The minimum Gasteiger partial charge on any atom is -0.379 e. The van der Waals surface area contributed by atoms with Gasteiger partial charge in [0.2, 0.25) is 0 Å². The molecule has 0 saturated carbocycles. The van der Waals surface area contributed by atoms with Gasteiger partial charge in [-0.2, -0.15) is 0 Å². The first-order valence-electron chi connectivity index (χ1n) is 12.0. The minimum atomic E-state index is -0.185. The lowest BCUT2D eigenvalue weighted by atomic mass is 9.92. The van der Waals surface area contributed by atoms with Crippen molar-refractivity contribution in [1.29, 1.82) is 0 Å². The molecular formula is C24H41FIN5O2. The van der Waals surface area contributed by atoms with Crippen molar-refractivity contribution in [3.8, 4) is 0 Å². The summed E-state index contributed by atoms with van der Waals surface area (Å²) in [4.78, 5) is 8.96. The predicted octanol–water partition coefficient (Wildman–Crippen LogP) is 3.08. The van der Waals surface area contributed by atoms with Crippen molar-refractivity contribution in [2.45, 2.75) is 39.3 Å². The third kappa shape index (κ3) is 8.22. The van der Waals surface area contributed by atoms with E-state index in [0.717, 1.165) is 70.3 Å². The number of morpholine rings is 2. The van der Waals surface area contributed by atoms with Gasteiger partial charge >= 0.3 is 0 Å². The van der Waals surface area contributed by atoms with Gasteiger partial charge in [-0.3, -0.25) is 9.89 Å². The summed E-state index contributed by atoms with van der Waals surface area (Å²) >= 11 is 0. The number of benzene rings is 1. The molecule has 0 bridgehead atoms. The van der Waals surface area contributed by atoms with Crippen molar-refractivity contribution >= 4 is 35.6 Å². The Kier molecular flexibility index (Phi) is 12.7. The molecular weight excluding hydrogens is 536 g/mol. The van der Waals surface area contributed by atoms with Gasteiger partial charge in [-0.25, -0.2) is 4.39 Å². The van der Waals surface area contributed by atoms with Crippen LogP contribution in [0.3, 0.4) is 0 Å². The van der Waals surface area contributed by atoms with Crippen LogP contribution in [-0.2, 0) is 16.0 Å². The second-order valence-electron chi connectivity index (χ2n) is 8.48. The molecule has 0 spiro atoms. The first-order chi connectivity index (χ1) is 15.7. The van der Waals surface area contributed by atoms with Crippen LogP contribution < -0.4 is 15.5 Å². The molecule has 9 heteroatoms. The van der Waals surface area contributed by atoms with E-state index >= 15 is 0 Å². The van der Waals surface area contributed by atoms with Crippen LogP contribution in [0.2, 0.25) is 0 Å². The SMILES string of the molecule is CCC(CC)C(CNC(=NC)NCc1ccc(N2CCOCC2)c(F)c1)N1CCOCC1.I. The Morgan fingerprint density at radius 2 is 1.67 bits per heavy atom. The highest BCUT2D eigenvalue weighted by molar-refractivity contribution is 14.0. The molecule has 1 unspecified atom stereocenters. The van der Waals surface area contributed by atoms with Crippen molar-refractivity contribution in [2.24, 2.45) is 10.9 Å². The molecule has 1 aromatic rings. The van der Waals surface area contributed by atoms with Crippen molar-refractivity contribution in [3.63, 3.8) is 0 Å². The molecule has 1 aromatic carbocycles. The van der Waals surface area contributed by atoms with Crippen LogP contribution in [0, 0.1) is 11.7 Å². The number of nitrogens with one attached hydrogen (secondary N) is 2. The van der Waals surface area contributed by atoms with Gasteiger partial charge in [0.1, 0.15) is 5.82 Å². The molecule has 2 aliphatic heterocycles. The lowest BCUT2D eigenvalue weighted by molar-refractivity contribution is 0.00272. The third-order valence-corrected chi connectivity index (χ3v) is 6.63. The third-order valence-electron chi connectivity index (χ3n) is 6.63. The number of hydrogen-bond acceptors (Lipinski definition) is 5. The van der Waals surface area contributed by atoms with Crippen LogP contribution in [0.5, 0.6) is 0 Å². The summed E-state index contributed by atoms with van der Waals surface area (Å²) in [5.41, 5.74) is 1.55. The normalized spacial score (nSPS) is 18.7. The lowest BCUT2D eigenvalue weighted by Gasteiger charge is -2.39. The van der Waals surface area contributed by atoms with E-state index in [2.05, 4.69) is 34.4 Å². The molecule has 1 atom stereocenters. The maximum Gasteiger partial charge on any atom is 0.191 e. The van der Waals surface area contributed by atoms with E-state index in [1.165, 1.54) is 0 Å². The van der Waals surface area contributed by atoms with E-state index in [1.807, 2.05) is 17.0 Å². The maximum atomic E-state index is 14.7. The van der Waals surface area contributed by atoms with Crippen molar-refractivity contribution in [2.75, 3.05) is 71.1 Å². The Hall–Kier alpha value is -1.17. The quantitative estimate of drug-likeness (QED) is 0.268. The average Bonchev–Trinajstić information content (AvgIpc) is 2.84. The largest absolute Gasteiger partial charge is 0.379 e. The highest BCUT2D eigenvalue weighted by Crippen LogP contribution is 2.22. The van der Waals surface area contributed by atoms with Crippen LogP contribution in [-0.4, -0.2) is 83.1 Å². The van der Waals surface area contributed by atoms with E-state index in [-0.39, 0.29) is 29.8 Å². The number of aliphatic imine (C=N–C) groups is 1. The number of anilines is 1. The smallest absolute Gasteiger partial charge is 0.191 e. The van der Waals surface area contributed by atoms with Gasteiger partial charge in [0.05, 0.1) is 32.1 Å². The summed E-state index contributed by atoms with van der Waals surface area (Å²) in [6.45, 7) is 12.2. The standard InChI is InChI=1S/C24H40FN5O2.HI/c1-4-20(5-2)23(30-10-14-32-15-11-30)18-28-24(26-3)27-17-19-6-7-22(21(25)16-19)29-8-12-31-13-9-29;/h6-7,16,20,23H,4-5,8-15,17-18H2,1-3H3,(H2,26,27,28);1H. The predicted molar refractivity (Wildman–Crippen MR) is 143 cm³/mol. The zero-order valence-electron chi connectivity index (χ0n) is 20.3. The summed E-state index contributed by atoms with van der Waals surface area (Å²) in [6.07, 6.45) is 2.31. The van der Waals surface area contributed by atoms with Crippen LogP contribution in [0.4, 0.5) is 10.1 Å². The van der Waals surface area contributed by atoms with E-state index in [9.17, 15) is 4.39 Å². The molecule has 3 rings (SSSR count). The number of guanidine groups is 1. The lowest BCUT2D eigenvalue weighted by Crippen LogP contribution is -2.53.